The fourth-order valence-corrected chi connectivity index (χ4v) is 3.26. The molecule has 3 aromatic carbocycles. The van der Waals surface area contributed by atoms with Gasteiger partial charge < -0.3 is 5.73 Å². The molecule has 0 fully saturated rings. The highest BCUT2D eigenvalue weighted by atomic mass is 14.7. The van der Waals surface area contributed by atoms with E-state index < -0.39 is 0 Å². The Morgan fingerprint density at radius 1 is 0.818 bits per heavy atom. The summed E-state index contributed by atoms with van der Waals surface area (Å²) in [4.78, 5) is 0. The Labute approximate surface area is 129 Å². The van der Waals surface area contributed by atoms with Crippen LogP contribution in [0.4, 0.5) is 0 Å². The summed E-state index contributed by atoms with van der Waals surface area (Å²) in [5.41, 5.74) is 14.1. The van der Waals surface area contributed by atoms with E-state index in [2.05, 4.69) is 54.6 Å². The second-order valence-electron chi connectivity index (χ2n) is 5.67. The van der Waals surface area contributed by atoms with Gasteiger partial charge in [-0.25, -0.2) is 0 Å². The van der Waals surface area contributed by atoms with Crippen LogP contribution in [-0.4, -0.2) is 5.84 Å². The smallest absolute Gasteiger partial charge is 0.122 e. The number of hydrogen-bond acceptors (Lipinski definition) is 1. The number of nitrogen functional groups attached to an aromatic ring is 1. The number of rotatable bonds is 2. The molecule has 0 heterocycles. The molecule has 3 N–H and O–H groups in total. The Kier molecular flexibility index (Phi) is 2.83. The quantitative estimate of drug-likeness (QED) is 0.420. The first-order valence-corrected chi connectivity index (χ1v) is 7.39. The SMILES string of the molecule is N=C(N)c1ccc2c(c1)-c1c(cccc1-c1ccccc1)C2. The molecule has 2 heteroatoms. The van der Waals surface area contributed by atoms with Crippen LogP contribution in [0.5, 0.6) is 0 Å². The maximum atomic E-state index is 7.68. The zero-order chi connectivity index (χ0) is 15.1. The molecule has 0 aromatic heterocycles. The molecule has 0 saturated carbocycles. The summed E-state index contributed by atoms with van der Waals surface area (Å²) < 4.78 is 0. The molecule has 1 aliphatic carbocycles. The monoisotopic (exact) mass is 284 g/mol. The summed E-state index contributed by atoms with van der Waals surface area (Å²) in [5, 5.41) is 7.68. The molecule has 0 atom stereocenters. The Balaban J connectivity index is 1.97. The Hall–Kier alpha value is -2.87. The van der Waals surface area contributed by atoms with Gasteiger partial charge in [-0.1, -0.05) is 60.7 Å². The third kappa shape index (κ3) is 1.92. The van der Waals surface area contributed by atoms with Gasteiger partial charge in [0.2, 0.25) is 0 Å². The lowest BCUT2D eigenvalue weighted by molar-refractivity contribution is 1.26. The molecular weight excluding hydrogens is 268 g/mol. The number of hydrogen-bond donors (Lipinski definition) is 2. The standard InChI is InChI=1S/C20H16N2/c21-20(22)16-10-9-14-11-15-7-4-8-17(19(15)18(14)12-16)13-5-2-1-3-6-13/h1-10,12H,11H2,(H3,21,22). The van der Waals surface area contributed by atoms with Gasteiger partial charge >= 0.3 is 0 Å². The molecule has 0 radical (unpaired) electrons. The van der Waals surface area contributed by atoms with Crippen molar-refractivity contribution in [3.8, 4) is 22.3 Å². The van der Waals surface area contributed by atoms with Gasteiger partial charge in [-0.15, -0.1) is 0 Å². The number of nitrogens with two attached hydrogens (primary N) is 1. The largest absolute Gasteiger partial charge is 0.384 e. The fourth-order valence-electron chi connectivity index (χ4n) is 3.26. The zero-order valence-electron chi connectivity index (χ0n) is 12.1. The Morgan fingerprint density at radius 2 is 1.64 bits per heavy atom. The number of benzene rings is 3. The van der Waals surface area contributed by atoms with Gasteiger partial charge in [0.05, 0.1) is 0 Å². The zero-order valence-corrected chi connectivity index (χ0v) is 12.1. The second-order valence-corrected chi connectivity index (χ2v) is 5.67. The van der Waals surface area contributed by atoms with Crippen LogP contribution in [0.1, 0.15) is 16.7 Å². The van der Waals surface area contributed by atoms with Crippen LogP contribution in [0, 0.1) is 5.41 Å². The van der Waals surface area contributed by atoms with E-state index in [1.165, 1.54) is 33.4 Å². The minimum Gasteiger partial charge on any atom is -0.384 e. The first-order chi connectivity index (χ1) is 10.7. The van der Waals surface area contributed by atoms with Crippen molar-refractivity contribution in [3.05, 3.63) is 83.4 Å². The average Bonchev–Trinajstić information content (AvgIpc) is 2.93. The van der Waals surface area contributed by atoms with Gasteiger partial charge in [0.25, 0.3) is 0 Å². The van der Waals surface area contributed by atoms with E-state index in [4.69, 9.17) is 11.1 Å². The first kappa shape index (κ1) is 12.8. The van der Waals surface area contributed by atoms with Gasteiger partial charge in [-0.05, 0) is 45.9 Å². The third-order valence-corrected chi connectivity index (χ3v) is 4.31. The second kappa shape index (κ2) is 4.85. The minimum absolute atomic E-state index is 0.119. The van der Waals surface area contributed by atoms with Crippen molar-refractivity contribution in [1.29, 1.82) is 5.41 Å². The molecule has 2 nitrogen and oxygen atoms in total. The molecule has 0 saturated heterocycles. The van der Waals surface area contributed by atoms with E-state index in [0.717, 1.165) is 12.0 Å². The topological polar surface area (TPSA) is 49.9 Å². The molecule has 0 amide bonds. The molecule has 4 rings (SSSR count). The highest BCUT2D eigenvalue weighted by molar-refractivity contribution is 5.98. The van der Waals surface area contributed by atoms with Crippen LogP contribution < -0.4 is 5.73 Å². The lowest BCUT2D eigenvalue weighted by atomic mass is 9.93. The third-order valence-electron chi connectivity index (χ3n) is 4.31. The van der Waals surface area contributed by atoms with E-state index in [1.807, 2.05) is 12.1 Å². The van der Waals surface area contributed by atoms with E-state index in [-0.39, 0.29) is 5.84 Å². The summed E-state index contributed by atoms with van der Waals surface area (Å²) in [6, 6.07) is 23.0. The van der Waals surface area contributed by atoms with Crippen molar-refractivity contribution < 1.29 is 0 Å². The lowest BCUT2D eigenvalue weighted by Gasteiger charge is -2.11. The van der Waals surface area contributed by atoms with Crippen LogP contribution >= 0.6 is 0 Å². The van der Waals surface area contributed by atoms with Crippen molar-refractivity contribution >= 4 is 5.84 Å². The van der Waals surface area contributed by atoms with Gasteiger partial charge in [0, 0.05) is 5.56 Å². The maximum absolute atomic E-state index is 7.68. The molecule has 0 unspecified atom stereocenters. The predicted molar refractivity (Wildman–Crippen MR) is 91.1 cm³/mol. The average molecular weight is 284 g/mol. The Morgan fingerprint density at radius 3 is 2.41 bits per heavy atom. The normalized spacial score (nSPS) is 11.8. The van der Waals surface area contributed by atoms with E-state index >= 15 is 0 Å². The minimum atomic E-state index is 0.119. The van der Waals surface area contributed by atoms with Crippen LogP contribution in [0.2, 0.25) is 0 Å². The van der Waals surface area contributed by atoms with Gasteiger partial charge in [0.1, 0.15) is 5.84 Å². The van der Waals surface area contributed by atoms with E-state index in [9.17, 15) is 0 Å². The van der Waals surface area contributed by atoms with Crippen molar-refractivity contribution in [2.45, 2.75) is 6.42 Å². The lowest BCUT2D eigenvalue weighted by Crippen LogP contribution is -2.10. The maximum Gasteiger partial charge on any atom is 0.122 e. The molecule has 0 aliphatic heterocycles. The summed E-state index contributed by atoms with van der Waals surface area (Å²) in [5.74, 6) is 0.119. The van der Waals surface area contributed by atoms with Crippen molar-refractivity contribution in [3.63, 3.8) is 0 Å². The molecule has 106 valence electrons. The molecule has 1 aliphatic rings. The summed E-state index contributed by atoms with van der Waals surface area (Å²) in [6.07, 6.45) is 0.948. The van der Waals surface area contributed by atoms with Crippen molar-refractivity contribution in [2.24, 2.45) is 5.73 Å². The van der Waals surface area contributed by atoms with Gasteiger partial charge in [-0.2, -0.15) is 0 Å². The van der Waals surface area contributed by atoms with Gasteiger partial charge in [0.15, 0.2) is 0 Å². The van der Waals surface area contributed by atoms with Crippen LogP contribution in [0.3, 0.4) is 0 Å². The van der Waals surface area contributed by atoms with Crippen LogP contribution in [-0.2, 0) is 6.42 Å². The van der Waals surface area contributed by atoms with Gasteiger partial charge in [-0.3, -0.25) is 5.41 Å². The molecule has 3 aromatic rings. The number of nitrogens with one attached hydrogen (secondary N) is 1. The molecule has 0 bridgehead atoms. The van der Waals surface area contributed by atoms with Crippen molar-refractivity contribution in [1.82, 2.24) is 0 Å². The predicted octanol–water partition coefficient (Wildman–Crippen LogP) is 4.21. The fraction of sp³-hybridized carbons (Fsp3) is 0.0500. The summed E-state index contributed by atoms with van der Waals surface area (Å²) >= 11 is 0. The first-order valence-electron chi connectivity index (χ1n) is 7.39. The number of fused-ring (bicyclic) bond motifs is 3. The Bertz CT molecular complexity index is 879. The van der Waals surface area contributed by atoms with E-state index in [1.54, 1.807) is 0 Å². The van der Waals surface area contributed by atoms with Crippen LogP contribution in [0.15, 0.2) is 66.7 Å². The highest BCUT2D eigenvalue weighted by Crippen LogP contribution is 2.43. The summed E-state index contributed by atoms with van der Waals surface area (Å²) in [7, 11) is 0. The summed E-state index contributed by atoms with van der Waals surface area (Å²) in [6.45, 7) is 0. The van der Waals surface area contributed by atoms with Crippen LogP contribution in [0.25, 0.3) is 22.3 Å². The molecule has 22 heavy (non-hydrogen) atoms. The molecule has 0 spiro atoms. The van der Waals surface area contributed by atoms with Crippen molar-refractivity contribution in [2.75, 3.05) is 0 Å². The highest BCUT2D eigenvalue weighted by Gasteiger charge is 2.22. The van der Waals surface area contributed by atoms with E-state index in [0.29, 0.717) is 0 Å². The number of amidine groups is 1. The molecular formula is C20H16N2.